The fourth-order valence-electron chi connectivity index (χ4n) is 1.71. The van der Waals surface area contributed by atoms with E-state index in [-0.39, 0.29) is 11.4 Å². The lowest BCUT2D eigenvalue weighted by Crippen LogP contribution is -2.25. The molecule has 0 saturated heterocycles. The molecule has 0 aliphatic carbocycles. The summed E-state index contributed by atoms with van der Waals surface area (Å²) >= 11 is 0. The quantitative estimate of drug-likeness (QED) is 0.903. The van der Waals surface area contributed by atoms with Crippen LogP contribution < -0.4 is 5.32 Å². The van der Waals surface area contributed by atoms with Crippen LogP contribution in [0.1, 0.15) is 30.2 Å². The fourth-order valence-corrected chi connectivity index (χ4v) is 1.71. The van der Waals surface area contributed by atoms with E-state index in [1.807, 2.05) is 6.07 Å². The Morgan fingerprint density at radius 2 is 2.06 bits per heavy atom. The molecule has 1 atom stereocenters. The Hall–Kier alpha value is -1.77. The molecule has 3 nitrogen and oxygen atoms in total. The molecule has 0 aliphatic heterocycles. The smallest absolute Gasteiger partial charge is 0.366 e. The minimum absolute atomic E-state index is 0.215. The molecule has 1 unspecified atom stereocenters. The van der Waals surface area contributed by atoms with E-state index in [1.165, 1.54) is 6.92 Å². The molecule has 1 aromatic rings. The maximum atomic E-state index is 12.2. The Bertz CT molecular complexity index is 475. The summed E-state index contributed by atoms with van der Waals surface area (Å²) < 4.78 is 36.7. The monoisotopic (exact) mass is 257 g/mol. The molecule has 98 valence electrons. The van der Waals surface area contributed by atoms with E-state index in [1.54, 1.807) is 19.9 Å². The maximum Gasteiger partial charge on any atom is 0.391 e. The van der Waals surface area contributed by atoms with Gasteiger partial charge in [0, 0.05) is 11.7 Å². The van der Waals surface area contributed by atoms with Crippen molar-refractivity contribution in [3.8, 4) is 6.07 Å². The number of aromatic nitrogens is 1. The summed E-state index contributed by atoms with van der Waals surface area (Å²) in [6.07, 6.45) is -5.20. The highest BCUT2D eigenvalue weighted by atomic mass is 19.4. The molecule has 1 heterocycles. The minimum Gasteiger partial charge on any atom is -0.366 e. The van der Waals surface area contributed by atoms with E-state index >= 15 is 0 Å². The standard InChI is InChI=1S/C12H14F3N3/c1-7-4-8(2)17-11(10(7)6-16)18-9(3)5-12(13,14)15/h4,9H,5H2,1-3H3,(H,17,18). The lowest BCUT2D eigenvalue weighted by Gasteiger charge is -2.18. The predicted octanol–water partition coefficient (Wildman–Crippen LogP) is 3.32. The number of halogens is 3. The molecule has 0 saturated carbocycles. The molecule has 1 rings (SSSR count). The molecule has 0 aliphatic rings. The van der Waals surface area contributed by atoms with Crippen LogP contribution in [0, 0.1) is 25.2 Å². The number of rotatable bonds is 3. The SMILES string of the molecule is Cc1cc(C)c(C#N)c(NC(C)CC(F)(F)F)n1. The highest BCUT2D eigenvalue weighted by Crippen LogP contribution is 2.24. The molecule has 0 bridgehead atoms. The van der Waals surface area contributed by atoms with Crippen molar-refractivity contribution < 1.29 is 13.2 Å². The van der Waals surface area contributed by atoms with Crippen molar-refractivity contribution >= 4 is 5.82 Å². The third-order valence-corrected chi connectivity index (χ3v) is 2.38. The molecule has 6 heteroatoms. The zero-order valence-corrected chi connectivity index (χ0v) is 10.4. The van der Waals surface area contributed by atoms with Gasteiger partial charge in [-0.05, 0) is 32.4 Å². The fraction of sp³-hybridized carbons (Fsp3) is 0.500. The highest BCUT2D eigenvalue weighted by Gasteiger charge is 2.30. The summed E-state index contributed by atoms with van der Waals surface area (Å²) in [7, 11) is 0. The van der Waals surface area contributed by atoms with Crippen molar-refractivity contribution in [1.82, 2.24) is 4.98 Å². The number of nitriles is 1. The molecule has 1 aromatic heterocycles. The Balaban J connectivity index is 2.94. The van der Waals surface area contributed by atoms with E-state index in [4.69, 9.17) is 5.26 Å². The van der Waals surface area contributed by atoms with Crippen LogP contribution in [0.25, 0.3) is 0 Å². The lowest BCUT2D eigenvalue weighted by molar-refractivity contribution is -0.136. The van der Waals surface area contributed by atoms with Crippen LogP contribution in [0.3, 0.4) is 0 Å². The van der Waals surface area contributed by atoms with E-state index < -0.39 is 18.6 Å². The highest BCUT2D eigenvalue weighted by molar-refractivity contribution is 5.56. The Labute approximate surface area is 104 Å². The molecular formula is C12H14F3N3. The number of alkyl halides is 3. The second-order valence-electron chi connectivity index (χ2n) is 4.28. The second-order valence-corrected chi connectivity index (χ2v) is 4.28. The van der Waals surface area contributed by atoms with Gasteiger partial charge in [0.05, 0.1) is 12.0 Å². The molecule has 18 heavy (non-hydrogen) atoms. The van der Waals surface area contributed by atoms with Gasteiger partial charge in [-0.1, -0.05) is 0 Å². The largest absolute Gasteiger partial charge is 0.391 e. The van der Waals surface area contributed by atoms with Crippen molar-refractivity contribution in [3.63, 3.8) is 0 Å². The van der Waals surface area contributed by atoms with Gasteiger partial charge >= 0.3 is 6.18 Å². The van der Waals surface area contributed by atoms with Crippen molar-refractivity contribution in [2.75, 3.05) is 5.32 Å². The van der Waals surface area contributed by atoms with Crippen LogP contribution in [0.5, 0.6) is 0 Å². The first-order valence-corrected chi connectivity index (χ1v) is 5.44. The normalized spacial score (nSPS) is 12.9. The zero-order chi connectivity index (χ0) is 13.9. The van der Waals surface area contributed by atoms with Gasteiger partial charge in [-0.15, -0.1) is 0 Å². The van der Waals surface area contributed by atoms with Crippen molar-refractivity contribution in [2.24, 2.45) is 0 Å². The minimum atomic E-state index is -4.24. The molecule has 0 aromatic carbocycles. The van der Waals surface area contributed by atoms with Crippen LogP contribution in [0.4, 0.5) is 19.0 Å². The van der Waals surface area contributed by atoms with Crippen LogP contribution in [-0.2, 0) is 0 Å². The van der Waals surface area contributed by atoms with Gasteiger partial charge < -0.3 is 5.32 Å². The van der Waals surface area contributed by atoms with E-state index in [9.17, 15) is 13.2 Å². The van der Waals surface area contributed by atoms with Gasteiger partial charge in [0.2, 0.25) is 0 Å². The van der Waals surface area contributed by atoms with Crippen molar-refractivity contribution in [3.05, 3.63) is 22.9 Å². The summed E-state index contributed by atoms with van der Waals surface area (Å²) in [6, 6.07) is 2.85. The first-order valence-electron chi connectivity index (χ1n) is 5.44. The molecule has 0 fully saturated rings. The average molecular weight is 257 g/mol. The van der Waals surface area contributed by atoms with Crippen LogP contribution in [0.15, 0.2) is 6.07 Å². The van der Waals surface area contributed by atoms with Gasteiger partial charge in [0.1, 0.15) is 11.9 Å². The second kappa shape index (κ2) is 5.25. The molecule has 0 radical (unpaired) electrons. The van der Waals surface area contributed by atoms with Gasteiger partial charge in [0.15, 0.2) is 0 Å². The van der Waals surface area contributed by atoms with E-state index in [0.29, 0.717) is 11.3 Å². The summed E-state index contributed by atoms with van der Waals surface area (Å²) in [6.45, 7) is 4.87. The van der Waals surface area contributed by atoms with Gasteiger partial charge in [-0.25, -0.2) is 4.98 Å². The summed E-state index contributed by atoms with van der Waals surface area (Å²) in [4.78, 5) is 4.07. The summed E-state index contributed by atoms with van der Waals surface area (Å²) in [5.41, 5.74) is 1.65. The van der Waals surface area contributed by atoms with Gasteiger partial charge in [0.25, 0.3) is 0 Å². The predicted molar refractivity (Wildman–Crippen MR) is 62.2 cm³/mol. The van der Waals surface area contributed by atoms with Crippen LogP contribution in [0.2, 0.25) is 0 Å². The number of hydrogen-bond donors (Lipinski definition) is 1. The molecule has 1 N–H and O–H groups in total. The summed E-state index contributed by atoms with van der Waals surface area (Å²) in [5, 5.41) is 11.6. The van der Waals surface area contributed by atoms with Gasteiger partial charge in [-0.2, -0.15) is 18.4 Å². The Morgan fingerprint density at radius 1 is 1.44 bits per heavy atom. The molecular weight excluding hydrogens is 243 g/mol. The number of hydrogen-bond acceptors (Lipinski definition) is 3. The first kappa shape index (κ1) is 14.3. The molecule has 0 spiro atoms. The zero-order valence-electron chi connectivity index (χ0n) is 10.4. The summed E-state index contributed by atoms with van der Waals surface area (Å²) in [5.74, 6) is 0.215. The van der Waals surface area contributed by atoms with Crippen molar-refractivity contribution in [2.45, 2.75) is 39.4 Å². The number of nitrogens with one attached hydrogen (secondary N) is 1. The third kappa shape index (κ3) is 3.91. The number of nitrogens with zero attached hydrogens (tertiary/aromatic N) is 2. The van der Waals surface area contributed by atoms with E-state index in [2.05, 4.69) is 10.3 Å². The number of pyridine rings is 1. The molecule has 0 amide bonds. The maximum absolute atomic E-state index is 12.2. The van der Waals surface area contributed by atoms with Crippen LogP contribution >= 0.6 is 0 Å². The number of anilines is 1. The lowest BCUT2D eigenvalue weighted by atomic mass is 10.1. The van der Waals surface area contributed by atoms with Crippen LogP contribution in [-0.4, -0.2) is 17.2 Å². The Kier molecular flexibility index (Phi) is 4.17. The third-order valence-electron chi connectivity index (χ3n) is 2.38. The average Bonchev–Trinajstić information content (AvgIpc) is 2.13. The first-order chi connectivity index (χ1) is 8.23. The topological polar surface area (TPSA) is 48.7 Å². The van der Waals surface area contributed by atoms with Crippen molar-refractivity contribution in [1.29, 1.82) is 5.26 Å². The van der Waals surface area contributed by atoms with Gasteiger partial charge in [-0.3, -0.25) is 0 Å². The van der Waals surface area contributed by atoms with E-state index in [0.717, 1.165) is 0 Å². The Morgan fingerprint density at radius 3 is 2.56 bits per heavy atom. The number of aryl methyl sites for hydroxylation is 2.